The van der Waals surface area contributed by atoms with Gasteiger partial charge in [-0.15, -0.1) is 0 Å². The predicted octanol–water partition coefficient (Wildman–Crippen LogP) is 1.68. The molecule has 27 heavy (non-hydrogen) atoms. The van der Waals surface area contributed by atoms with E-state index in [1.165, 1.54) is 13.0 Å². The lowest BCUT2D eigenvalue weighted by Gasteiger charge is -2.09. The highest BCUT2D eigenvalue weighted by atomic mass is 32.2. The first-order valence-corrected chi connectivity index (χ1v) is 9.74. The van der Waals surface area contributed by atoms with Crippen molar-refractivity contribution < 1.29 is 27.5 Å². The van der Waals surface area contributed by atoms with E-state index in [9.17, 15) is 18.0 Å². The number of nitrogens with one attached hydrogen (secondary N) is 2. The van der Waals surface area contributed by atoms with Gasteiger partial charge in [-0.05, 0) is 30.7 Å². The minimum Gasteiger partial charge on any atom is -0.454 e. The van der Waals surface area contributed by atoms with Crippen molar-refractivity contribution in [2.45, 2.75) is 12.7 Å². The fraction of sp³-hybridized carbons (Fsp3) is 0.222. The van der Waals surface area contributed by atoms with Gasteiger partial charge in [0.25, 0.3) is 0 Å². The maximum absolute atomic E-state index is 12.2. The Kier molecular flexibility index (Phi) is 5.43. The molecule has 0 fully saturated rings. The minimum absolute atomic E-state index is 0.122. The number of anilines is 1. The van der Waals surface area contributed by atoms with Crippen LogP contribution < -0.4 is 19.5 Å². The molecular formula is C18H18N2O6S. The molecule has 1 amide bonds. The van der Waals surface area contributed by atoms with E-state index >= 15 is 0 Å². The van der Waals surface area contributed by atoms with Crippen LogP contribution in [0.3, 0.4) is 0 Å². The molecule has 0 bridgehead atoms. The van der Waals surface area contributed by atoms with Gasteiger partial charge in [0.05, 0.1) is 12.3 Å². The van der Waals surface area contributed by atoms with Crippen molar-refractivity contribution >= 4 is 27.4 Å². The van der Waals surface area contributed by atoms with Gasteiger partial charge in [-0.3, -0.25) is 9.59 Å². The Bertz CT molecular complexity index is 987. The largest absolute Gasteiger partial charge is 0.454 e. The monoisotopic (exact) mass is 390 g/mol. The first-order chi connectivity index (χ1) is 12.8. The van der Waals surface area contributed by atoms with Gasteiger partial charge in [0.1, 0.15) is 0 Å². The first kappa shape index (κ1) is 18.9. The minimum atomic E-state index is -3.74. The highest BCUT2D eigenvalue weighted by Gasteiger charge is 2.16. The van der Waals surface area contributed by atoms with Gasteiger partial charge in [0.2, 0.25) is 22.7 Å². The molecule has 0 radical (unpaired) electrons. The van der Waals surface area contributed by atoms with E-state index in [1.807, 2.05) is 0 Å². The molecule has 0 aliphatic carbocycles. The van der Waals surface area contributed by atoms with E-state index in [2.05, 4.69) is 10.0 Å². The number of benzene rings is 2. The Morgan fingerprint density at radius 1 is 1.07 bits per heavy atom. The third-order valence-electron chi connectivity index (χ3n) is 3.80. The zero-order valence-corrected chi connectivity index (χ0v) is 15.3. The first-order valence-electron chi connectivity index (χ1n) is 8.09. The van der Waals surface area contributed by atoms with Crippen LogP contribution in [-0.4, -0.2) is 33.4 Å². The predicted molar refractivity (Wildman–Crippen MR) is 98.3 cm³/mol. The molecule has 2 aromatic carbocycles. The number of ether oxygens (including phenoxy) is 2. The summed E-state index contributed by atoms with van der Waals surface area (Å²) >= 11 is 0. The molecule has 0 unspecified atom stereocenters. The van der Waals surface area contributed by atoms with Gasteiger partial charge in [-0.2, -0.15) is 0 Å². The summed E-state index contributed by atoms with van der Waals surface area (Å²) < 4.78 is 37.0. The molecule has 0 atom stereocenters. The van der Waals surface area contributed by atoms with Crippen molar-refractivity contribution in [3.05, 3.63) is 53.6 Å². The summed E-state index contributed by atoms with van der Waals surface area (Å²) in [5, 5.41) is 2.59. The highest BCUT2D eigenvalue weighted by Crippen LogP contribution is 2.34. The van der Waals surface area contributed by atoms with Gasteiger partial charge in [-0.1, -0.05) is 18.2 Å². The normalized spacial score (nSPS) is 12.6. The molecule has 1 aliphatic heterocycles. The van der Waals surface area contributed by atoms with Crippen LogP contribution in [0.4, 0.5) is 5.69 Å². The van der Waals surface area contributed by atoms with Crippen molar-refractivity contribution in [3.8, 4) is 11.5 Å². The van der Waals surface area contributed by atoms with Crippen LogP contribution in [0.2, 0.25) is 0 Å². The second-order valence-electron chi connectivity index (χ2n) is 5.95. The molecule has 0 saturated heterocycles. The average Bonchev–Trinajstić information content (AvgIpc) is 3.08. The quantitative estimate of drug-likeness (QED) is 0.696. The summed E-state index contributed by atoms with van der Waals surface area (Å²) in [6.45, 7) is 1.12. The van der Waals surface area contributed by atoms with Crippen LogP contribution in [-0.2, 0) is 20.6 Å². The summed E-state index contributed by atoms with van der Waals surface area (Å²) in [7, 11) is -3.74. The van der Waals surface area contributed by atoms with Crippen molar-refractivity contribution in [2.24, 2.45) is 0 Å². The molecule has 2 N–H and O–H groups in total. The van der Waals surface area contributed by atoms with E-state index in [1.54, 1.807) is 36.4 Å². The van der Waals surface area contributed by atoms with Gasteiger partial charge in [-0.25, -0.2) is 13.1 Å². The SMILES string of the molecule is CC(=O)c1cccc(CS(=O)(=O)NCC(=O)Nc2ccc3c(c2)OCO3)c1. The fourth-order valence-corrected chi connectivity index (χ4v) is 3.58. The molecule has 1 aliphatic rings. The van der Waals surface area contributed by atoms with Crippen LogP contribution in [0.1, 0.15) is 22.8 Å². The summed E-state index contributed by atoms with van der Waals surface area (Å²) in [6, 6.07) is 11.3. The van der Waals surface area contributed by atoms with Crippen molar-refractivity contribution in [1.29, 1.82) is 0 Å². The maximum atomic E-state index is 12.2. The van der Waals surface area contributed by atoms with Crippen LogP contribution in [0.15, 0.2) is 42.5 Å². The Labute approximate surface area is 156 Å². The Balaban J connectivity index is 1.56. The summed E-state index contributed by atoms with van der Waals surface area (Å²) in [5.41, 5.74) is 1.37. The molecule has 8 nitrogen and oxygen atoms in total. The number of fused-ring (bicyclic) bond motifs is 1. The number of rotatable bonds is 7. The molecule has 9 heteroatoms. The fourth-order valence-electron chi connectivity index (χ4n) is 2.51. The summed E-state index contributed by atoms with van der Waals surface area (Å²) in [6.07, 6.45) is 0. The van der Waals surface area contributed by atoms with Gasteiger partial charge in [0.15, 0.2) is 17.3 Å². The van der Waals surface area contributed by atoms with E-state index < -0.39 is 22.5 Å². The van der Waals surface area contributed by atoms with E-state index in [4.69, 9.17) is 9.47 Å². The van der Waals surface area contributed by atoms with Crippen molar-refractivity contribution in [1.82, 2.24) is 4.72 Å². The average molecular weight is 390 g/mol. The standard InChI is InChI=1S/C18H18N2O6S/c1-12(21)14-4-2-3-13(7-14)10-27(23,24)19-9-18(22)20-15-5-6-16-17(8-15)26-11-25-16/h2-8,19H,9-11H2,1H3,(H,20,22). The number of ketones is 1. The number of carbonyl (C=O) groups is 2. The van der Waals surface area contributed by atoms with Gasteiger partial charge in [0, 0.05) is 17.3 Å². The summed E-state index contributed by atoms with van der Waals surface area (Å²) in [5.74, 6) is 0.103. The Hall–Kier alpha value is -2.91. The van der Waals surface area contributed by atoms with E-state index in [-0.39, 0.29) is 18.3 Å². The number of Topliss-reactive ketones (excluding diaryl/α,β-unsaturated/α-hetero) is 1. The van der Waals surface area contributed by atoms with E-state index in [0.29, 0.717) is 28.3 Å². The lowest BCUT2D eigenvalue weighted by Crippen LogP contribution is -2.33. The number of carbonyl (C=O) groups excluding carboxylic acids is 2. The summed E-state index contributed by atoms with van der Waals surface area (Å²) in [4.78, 5) is 23.4. The van der Waals surface area contributed by atoms with E-state index in [0.717, 1.165) is 0 Å². The maximum Gasteiger partial charge on any atom is 0.239 e. The van der Waals surface area contributed by atoms with Crippen LogP contribution in [0.25, 0.3) is 0 Å². The molecule has 1 heterocycles. The molecule has 142 valence electrons. The molecule has 3 rings (SSSR count). The second-order valence-corrected chi connectivity index (χ2v) is 7.76. The lowest BCUT2D eigenvalue weighted by atomic mass is 10.1. The highest BCUT2D eigenvalue weighted by molar-refractivity contribution is 7.88. The lowest BCUT2D eigenvalue weighted by molar-refractivity contribution is -0.115. The van der Waals surface area contributed by atoms with Gasteiger partial charge < -0.3 is 14.8 Å². The third-order valence-corrected chi connectivity index (χ3v) is 5.10. The zero-order chi connectivity index (χ0) is 19.4. The third kappa shape index (κ3) is 5.05. The van der Waals surface area contributed by atoms with Crippen LogP contribution >= 0.6 is 0 Å². The number of sulfonamides is 1. The molecule has 0 saturated carbocycles. The van der Waals surface area contributed by atoms with Crippen molar-refractivity contribution in [2.75, 3.05) is 18.7 Å². The van der Waals surface area contributed by atoms with Crippen LogP contribution in [0, 0.1) is 0 Å². The Morgan fingerprint density at radius 3 is 2.63 bits per heavy atom. The zero-order valence-electron chi connectivity index (χ0n) is 14.5. The van der Waals surface area contributed by atoms with Crippen molar-refractivity contribution in [3.63, 3.8) is 0 Å². The second kappa shape index (κ2) is 7.77. The van der Waals surface area contributed by atoms with Crippen LogP contribution in [0.5, 0.6) is 11.5 Å². The number of hydrogen-bond donors (Lipinski definition) is 2. The molecule has 0 spiro atoms. The molecular weight excluding hydrogens is 372 g/mol. The number of amides is 1. The van der Waals surface area contributed by atoms with Gasteiger partial charge >= 0.3 is 0 Å². The molecule has 2 aromatic rings. The Morgan fingerprint density at radius 2 is 1.85 bits per heavy atom. The topological polar surface area (TPSA) is 111 Å². The number of hydrogen-bond acceptors (Lipinski definition) is 6. The smallest absolute Gasteiger partial charge is 0.239 e. The molecule has 0 aromatic heterocycles.